The number of hydrogen-bond acceptors (Lipinski definition) is 1. The Kier molecular flexibility index (Phi) is 2.26. The van der Waals surface area contributed by atoms with Crippen molar-refractivity contribution in [3.8, 4) is 33.4 Å². The van der Waals surface area contributed by atoms with E-state index in [-0.39, 0.29) is 64.8 Å². The summed E-state index contributed by atoms with van der Waals surface area (Å²) in [5.41, 5.74) is -2.64. The van der Waals surface area contributed by atoms with Crippen LogP contribution in [0.25, 0.3) is 87.2 Å². The quantitative estimate of drug-likeness (QED) is 0.179. The van der Waals surface area contributed by atoms with Gasteiger partial charge in [0.25, 0.3) is 0 Å². The van der Waals surface area contributed by atoms with Gasteiger partial charge >= 0.3 is 0 Å². The van der Waals surface area contributed by atoms with E-state index in [2.05, 4.69) is 0 Å². The molecule has 0 N–H and O–H groups in total. The van der Waals surface area contributed by atoms with Crippen molar-refractivity contribution in [2.45, 2.75) is 16.7 Å². The molecule has 10 rings (SSSR count). The second-order valence-electron chi connectivity index (χ2n) is 10.3. The second kappa shape index (κ2) is 8.95. The summed E-state index contributed by atoms with van der Waals surface area (Å²) >= 11 is 0.846. The van der Waals surface area contributed by atoms with E-state index in [0.29, 0.717) is 0 Å². The Labute approximate surface area is 292 Å². The topological polar surface area (TPSA) is 0 Å². The van der Waals surface area contributed by atoms with E-state index in [1.165, 1.54) is 6.92 Å². The number of rotatable bonds is 2. The highest BCUT2D eigenvalue weighted by Crippen LogP contribution is 2.50. The van der Waals surface area contributed by atoms with Gasteiger partial charge in [-0.15, -0.1) is 0 Å². The predicted molar refractivity (Wildman–Crippen MR) is 190 cm³/mol. The molecule has 1 heteroatoms. The molecule has 0 amide bonds. The Morgan fingerprint density at radius 2 is 1.02 bits per heavy atom. The van der Waals surface area contributed by atoms with Crippen molar-refractivity contribution in [1.82, 2.24) is 0 Å². The molecule has 1 aliphatic heterocycles. The van der Waals surface area contributed by atoms with Gasteiger partial charge in [0.05, 0.1) is 31.5 Å². The summed E-state index contributed by atoms with van der Waals surface area (Å²) in [5, 5.41) is -3.40. The molecule has 0 radical (unpaired) electrons. The largest absolute Gasteiger partial charge is 0.0885 e. The van der Waals surface area contributed by atoms with Crippen molar-refractivity contribution in [2.24, 2.45) is 0 Å². The van der Waals surface area contributed by atoms with Crippen LogP contribution >= 0.6 is 11.8 Å². The van der Waals surface area contributed by atoms with Crippen molar-refractivity contribution >= 4 is 65.6 Å². The highest BCUT2D eigenvalue weighted by atomic mass is 32.2. The standard InChI is InChI=1S/C43H26S/c1-25-14-15-28-8-3-13-36-38-24-30(20-23-39(38)44-43(25)42(28)36)31-9-4-11-33-32(31)10-5-12-34(33)35-21-18-29-17-16-26-6-2-7-27-19-22-37(35)41(29)40(26)27/h2-24H,1H3/i2D,3D,4D,5D,6D,7D,8D,9D,10D,11D,12D,13D,14D,15D,16D,17D,18D,19D,20D,21D,22D,23D,24D. The predicted octanol–water partition coefficient (Wildman–Crippen LogP) is 12.7. The third-order valence-corrected chi connectivity index (χ3v) is 9.09. The van der Waals surface area contributed by atoms with Crippen molar-refractivity contribution < 1.29 is 31.5 Å². The average Bonchev–Trinajstić information content (AvgIpc) is 3.29. The minimum Gasteiger partial charge on any atom is -0.0885 e. The molecular weight excluding hydrogens is 549 g/mol. The van der Waals surface area contributed by atoms with Gasteiger partial charge < -0.3 is 0 Å². The first-order chi connectivity index (χ1) is 31.3. The van der Waals surface area contributed by atoms with E-state index in [1.54, 1.807) is 0 Å². The SMILES string of the molecule is [2H]c1c([2H])c(-c2c([2H])c([2H])c([2H])c3c(-c4c([2H])c([2H])c5c([2H])c([2H])c6c([2H])c([2H])c([2H])c7c([2H])c([2H])c4c5c67)c([2H])c([2H])c([2H])c23)c([2H])c2c1Sc1c(C)c([2H])c([2H])c3c([2H])c([2H])c([2H])c-2c13. The normalized spacial score (nSPS) is 19.9. The van der Waals surface area contributed by atoms with Crippen LogP contribution in [0.2, 0.25) is 0 Å². The Bertz CT molecular complexity index is 3900. The molecule has 0 atom stereocenters. The molecule has 0 nitrogen and oxygen atoms in total. The summed E-state index contributed by atoms with van der Waals surface area (Å²) in [6.45, 7) is 1.52. The first-order valence-corrected chi connectivity index (χ1v) is 14.2. The van der Waals surface area contributed by atoms with E-state index >= 15 is 0 Å². The molecular formula is C43H26S. The van der Waals surface area contributed by atoms with Gasteiger partial charge in [-0.1, -0.05) is 139 Å². The molecule has 9 aromatic carbocycles. The zero-order valence-corrected chi connectivity index (χ0v) is 23.2. The molecule has 1 heterocycles. The smallest absolute Gasteiger partial charge is 0.0636 e. The van der Waals surface area contributed by atoms with Crippen LogP contribution in [-0.4, -0.2) is 0 Å². The van der Waals surface area contributed by atoms with Crippen LogP contribution in [0.5, 0.6) is 0 Å². The zero-order valence-electron chi connectivity index (χ0n) is 45.4. The van der Waals surface area contributed by atoms with Crippen molar-refractivity contribution in [2.75, 3.05) is 0 Å². The molecule has 44 heavy (non-hydrogen) atoms. The highest BCUT2D eigenvalue weighted by molar-refractivity contribution is 7.99. The summed E-state index contributed by atoms with van der Waals surface area (Å²) in [6, 6.07) is -16.4. The van der Waals surface area contributed by atoms with Crippen LogP contribution in [0, 0.1) is 6.92 Å². The first kappa shape index (κ1) is 11.1. The molecule has 9 aromatic rings. The minimum atomic E-state index is -0.929. The molecule has 0 bridgehead atoms. The van der Waals surface area contributed by atoms with Gasteiger partial charge in [0.2, 0.25) is 0 Å². The van der Waals surface area contributed by atoms with Gasteiger partial charge in [0.1, 0.15) is 0 Å². The third-order valence-electron chi connectivity index (χ3n) is 7.86. The van der Waals surface area contributed by atoms with E-state index in [9.17, 15) is 13.7 Å². The molecule has 0 unspecified atom stereocenters. The summed E-state index contributed by atoms with van der Waals surface area (Å²) in [6.07, 6.45) is 0. The van der Waals surface area contributed by atoms with Crippen LogP contribution in [0.4, 0.5) is 0 Å². The maximum absolute atomic E-state index is 9.78. The fourth-order valence-electron chi connectivity index (χ4n) is 5.88. The highest BCUT2D eigenvalue weighted by Gasteiger charge is 2.22. The molecule has 0 saturated heterocycles. The summed E-state index contributed by atoms with van der Waals surface area (Å²) in [7, 11) is 0. The Morgan fingerprint density at radius 1 is 0.432 bits per heavy atom. The monoisotopic (exact) mass is 597 g/mol. The minimum absolute atomic E-state index is 0.0681. The third kappa shape index (κ3) is 3.31. The lowest BCUT2D eigenvalue weighted by atomic mass is 9.87. The van der Waals surface area contributed by atoms with Gasteiger partial charge in [-0.2, -0.15) is 0 Å². The maximum atomic E-state index is 9.78. The van der Waals surface area contributed by atoms with Gasteiger partial charge in [-0.05, 0) is 106 Å². The molecule has 0 spiro atoms. The van der Waals surface area contributed by atoms with Crippen molar-refractivity contribution in [1.29, 1.82) is 0 Å². The fourth-order valence-corrected chi connectivity index (χ4v) is 6.95. The fraction of sp³-hybridized carbons (Fsp3) is 0.0233. The van der Waals surface area contributed by atoms with Crippen molar-refractivity contribution in [3.63, 3.8) is 0 Å². The van der Waals surface area contributed by atoms with Gasteiger partial charge in [0, 0.05) is 15.2 Å². The lowest BCUT2D eigenvalue weighted by molar-refractivity contribution is 1.31. The molecule has 0 aliphatic carbocycles. The number of hydrogen-bond donors (Lipinski definition) is 0. The van der Waals surface area contributed by atoms with Crippen LogP contribution < -0.4 is 0 Å². The molecule has 204 valence electrons. The Morgan fingerprint density at radius 3 is 1.86 bits per heavy atom. The van der Waals surface area contributed by atoms with Crippen LogP contribution in [-0.2, 0) is 0 Å². The Hall–Kier alpha value is -5.11. The summed E-state index contributed by atoms with van der Waals surface area (Å²) < 4.78 is 209. The van der Waals surface area contributed by atoms with Crippen LogP contribution in [0.15, 0.2) is 149 Å². The second-order valence-corrected chi connectivity index (χ2v) is 11.3. The molecule has 0 aromatic heterocycles. The summed E-state index contributed by atoms with van der Waals surface area (Å²) in [5.74, 6) is 0. The van der Waals surface area contributed by atoms with E-state index < -0.39 is 177 Å². The first-order valence-electron chi connectivity index (χ1n) is 24.9. The Balaban J connectivity index is 1.43. The molecule has 0 fully saturated rings. The van der Waals surface area contributed by atoms with Gasteiger partial charge in [-0.3, -0.25) is 0 Å². The van der Waals surface area contributed by atoms with E-state index in [4.69, 9.17) is 17.8 Å². The van der Waals surface area contributed by atoms with Gasteiger partial charge in [0.15, 0.2) is 0 Å². The average molecular weight is 598 g/mol. The lowest BCUT2D eigenvalue weighted by Gasteiger charge is -2.23. The lowest BCUT2D eigenvalue weighted by Crippen LogP contribution is -1.95. The van der Waals surface area contributed by atoms with Crippen molar-refractivity contribution in [3.05, 3.63) is 145 Å². The molecule has 0 saturated carbocycles. The maximum Gasteiger partial charge on any atom is 0.0636 e. The van der Waals surface area contributed by atoms with E-state index in [1.807, 2.05) is 0 Å². The number of fused-ring (bicyclic) bond motifs is 3. The molecule has 1 aliphatic rings. The summed E-state index contributed by atoms with van der Waals surface area (Å²) in [4.78, 5) is 0.170. The van der Waals surface area contributed by atoms with Crippen LogP contribution in [0.3, 0.4) is 0 Å². The van der Waals surface area contributed by atoms with Gasteiger partial charge in [-0.25, -0.2) is 0 Å². The van der Waals surface area contributed by atoms with Crippen LogP contribution in [0.1, 0.15) is 37.1 Å². The number of benzene rings is 9. The van der Waals surface area contributed by atoms with E-state index in [0.717, 1.165) is 11.8 Å². The zero-order chi connectivity index (χ0) is 49.0.